The highest BCUT2D eigenvalue weighted by molar-refractivity contribution is 5.95. The van der Waals surface area contributed by atoms with E-state index in [0.717, 1.165) is 108 Å². The number of aromatic hydroxyl groups is 2. The third kappa shape index (κ3) is 28.3. The molecule has 0 spiro atoms. The van der Waals surface area contributed by atoms with Crippen molar-refractivity contribution in [3.8, 4) is 23.9 Å². The number of carbonyl (C=O) groups excluding carboxylic acids is 2. The van der Waals surface area contributed by atoms with Crippen LogP contribution in [0.1, 0.15) is 322 Å². The molecule has 0 saturated heterocycles. The van der Waals surface area contributed by atoms with Crippen molar-refractivity contribution in [1.29, 1.82) is 10.5 Å². The van der Waals surface area contributed by atoms with Crippen LogP contribution in [0.2, 0.25) is 0 Å². The van der Waals surface area contributed by atoms with Crippen LogP contribution in [0.5, 0.6) is 11.8 Å². The summed E-state index contributed by atoms with van der Waals surface area (Å²) in [6.07, 6.45) is 43.2. The quantitative estimate of drug-likeness (QED) is 0.0241. The largest absolute Gasteiger partial charge is 0.493 e. The molecule has 2 heterocycles. The summed E-state index contributed by atoms with van der Waals surface area (Å²) in [4.78, 5) is 54.3. The Morgan fingerprint density at radius 2 is 0.789 bits per heavy atom. The van der Waals surface area contributed by atoms with Gasteiger partial charge in [-0.3, -0.25) is 18.7 Å². The molecule has 2 aromatic carbocycles. The van der Waals surface area contributed by atoms with Crippen molar-refractivity contribution in [1.82, 2.24) is 9.13 Å². The highest BCUT2D eigenvalue weighted by Gasteiger charge is 2.25. The van der Waals surface area contributed by atoms with Crippen LogP contribution in [0.25, 0.3) is 0 Å². The van der Waals surface area contributed by atoms with Gasteiger partial charge in [0.05, 0.1) is 24.3 Å². The van der Waals surface area contributed by atoms with E-state index in [9.17, 15) is 39.9 Å². The van der Waals surface area contributed by atoms with Crippen molar-refractivity contribution in [2.45, 2.75) is 306 Å². The molecule has 95 heavy (non-hydrogen) atoms. The summed E-state index contributed by atoms with van der Waals surface area (Å²) in [5.41, 5.74) is 0.269. The Kier molecular flexibility index (Phi) is 40.6. The van der Waals surface area contributed by atoms with Crippen molar-refractivity contribution in [3.63, 3.8) is 0 Å². The number of nitriles is 2. The number of hydrogen-bond donors (Lipinski definition) is 2. The van der Waals surface area contributed by atoms with Gasteiger partial charge in [0.25, 0.3) is 11.1 Å². The van der Waals surface area contributed by atoms with E-state index in [1.54, 1.807) is 62.4 Å². The van der Waals surface area contributed by atoms with E-state index < -0.39 is 23.1 Å². The van der Waals surface area contributed by atoms with Gasteiger partial charge in [-0.1, -0.05) is 278 Å². The lowest BCUT2D eigenvalue weighted by Gasteiger charge is -2.28. The molecular weight excluding hydrogens is 1190 g/mol. The summed E-state index contributed by atoms with van der Waals surface area (Å²) in [5, 5.41) is 59.0. The Bertz CT molecular complexity index is 3150. The zero-order chi connectivity index (χ0) is 69.0. The maximum atomic E-state index is 13.8. The van der Waals surface area contributed by atoms with E-state index in [1.807, 2.05) is 19.1 Å². The highest BCUT2D eigenvalue weighted by Crippen LogP contribution is 2.36. The molecule has 0 aliphatic carbocycles. The Balaban J connectivity index is 1.28. The molecule has 4 aromatic rings. The van der Waals surface area contributed by atoms with E-state index in [4.69, 9.17) is 9.47 Å². The lowest BCUT2D eigenvalue weighted by Crippen LogP contribution is -2.25. The average molecular weight is 1310 g/mol. The molecule has 0 aliphatic rings. The molecule has 4 unspecified atom stereocenters. The SMILES string of the molecule is CCCCCCCCCC(CCCCCCCCOC(=O)c1ccccc1N=Nc1c(C)c(C#N)c(O)n(CC(C)CCCC)c1=O)C(CCCCCCCCC)CCCCCCCCOC(=O)c1ccccc1N=Nc1c(C)c(C#N)c(O)n(CC(CC)CCCC)c1=O. The van der Waals surface area contributed by atoms with Crippen LogP contribution < -0.4 is 11.1 Å². The summed E-state index contributed by atoms with van der Waals surface area (Å²) in [6.45, 7) is 17.1. The fourth-order valence-corrected chi connectivity index (χ4v) is 13.1. The van der Waals surface area contributed by atoms with Crippen molar-refractivity contribution in [2.75, 3.05) is 13.2 Å². The summed E-state index contributed by atoms with van der Waals surface area (Å²) in [5.74, 6) is 0.00322. The van der Waals surface area contributed by atoms with Gasteiger partial charge in [-0.25, -0.2) is 9.59 Å². The predicted octanol–water partition coefficient (Wildman–Crippen LogP) is 22.6. The number of carbonyl (C=O) groups is 2. The van der Waals surface area contributed by atoms with Gasteiger partial charge in [0, 0.05) is 24.2 Å². The standard InChI is InChI=1S/C79H120N8O8/c1-9-14-18-20-22-28-34-46-64(48-36-30-24-26-32-42-54-94-78(92)66-50-38-40-52-70(66)82-84-72-61(7)68(56-80)74(88)86(76(72)90)58-60(6)44-16-11-3)65(47-35-29-23-21-19-15-10-2)49-37-31-25-27-33-43-55-95-79(93)67-51-39-41-53-71(67)83-85-73-62(8)69(57-81)75(89)87(77(73)91)59-63(13-5)45-17-12-4/h38-41,50-53,60,63-65,88-89H,9-37,42-49,54-55,58-59H2,1-8H3. The maximum Gasteiger partial charge on any atom is 0.340 e. The molecule has 2 aromatic heterocycles. The van der Waals surface area contributed by atoms with Crippen molar-refractivity contribution < 1.29 is 29.3 Å². The van der Waals surface area contributed by atoms with Crippen LogP contribution in [0, 0.1) is 60.2 Å². The fraction of sp³-hybridized carbons (Fsp3) is 0.671. The van der Waals surface area contributed by atoms with Gasteiger partial charge in [0.15, 0.2) is 11.4 Å². The molecule has 0 saturated carbocycles. The molecule has 0 aliphatic heterocycles. The van der Waals surface area contributed by atoms with E-state index in [0.29, 0.717) is 13.2 Å². The first kappa shape index (κ1) is 80.5. The second-order valence-corrected chi connectivity index (χ2v) is 26.9. The van der Waals surface area contributed by atoms with Crippen molar-refractivity contribution in [2.24, 2.45) is 44.1 Å². The van der Waals surface area contributed by atoms with Gasteiger partial charge in [-0.15, -0.1) is 20.5 Å². The Labute approximate surface area is 570 Å². The van der Waals surface area contributed by atoms with E-state index in [2.05, 4.69) is 55.1 Å². The van der Waals surface area contributed by atoms with Crippen molar-refractivity contribution in [3.05, 3.63) is 103 Å². The van der Waals surface area contributed by atoms with Crippen LogP contribution in [0.4, 0.5) is 22.7 Å². The first-order chi connectivity index (χ1) is 46.2. The molecular formula is C79H120N8O8. The minimum atomic E-state index is -0.537. The number of pyridine rings is 2. The van der Waals surface area contributed by atoms with Crippen LogP contribution in [0.3, 0.4) is 0 Å². The van der Waals surface area contributed by atoms with Gasteiger partial charge in [-0.2, -0.15) is 10.5 Å². The van der Waals surface area contributed by atoms with E-state index in [1.165, 1.54) is 150 Å². The number of esters is 2. The summed E-state index contributed by atoms with van der Waals surface area (Å²) >= 11 is 0. The molecule has 2 N–H and O–H groups in total. The number of ether oxygens (including phenoxy) is 2. The first-order valence-corrected chi connectivity index (χ1v) is 37.3. The molecule has 16 heteroatoms. The van der Waals surface area contributed by atoms with E-state index >= 15 is 0 Å². The Morgan fingerprint density at radius 1 is 0.453 bits per heavy atom. The Hall–Kier alpha value is -6.94. The van der Waals surface area contributed by atoms with Crippen LogP contribution in [-0.4, -0.2) is 44.5 Å². The summed E-state index contributed by atoms with van der Waals surface area (Å²) in [7, 11) is 0. The number of rotatable bonds is 52. The minimum Gasteiger partial charge on any atom is -0.493 e. The van der Waals surface area contributed by atoms with Gasteiger partial charge in [0.1, 0.15) is 34.6 Å². The van der Waals surface area contributed by atoms with Crippen molar-refractivity contribution >= 4 is 34.7 Å². The molecule has 0 fully saturated rings. The summed E-state index contributed by atoms with van der Waals surface area (Å²) in [6, 6.07) is 17.6. The third-order valence-corrected chi connectivity index (χ3v) is 19.3. The molecule has 4 rings (SSSR count). The maximum absolute atomic E-state index is 13.8. The van der Waals surface area contributed by atoms with Gasteiger partial charge in [-0.05, 0) is 87.5 Å². The number of benzene rings is 2. The average Bonchev–Trinajstić information content (AvgIpc) is 0.813. The normalized spacial score (nSPS) is 12.9. The fourth-order valence-electron chi connectivity index (χ4n) is 13.1. The monoisotopic (exact) mass is 1310 g/mol. The number of aromatic nitrogens is 2. The lowest BCUT2D eigenvalue weighted by molar-refractivity contribution is 0.0489. The number of azo groups is 2. The molecule has 0 amide bonds. The first-order valence-electron chi connectivity index (χ1n) is 37.3. The minimum absolute atomic E-state index is 0.0167. The van der Waals surface area contributed by atoms with Crippen LogP contribution in [-0.2, 0) is 22.6 Å². The van der Waals surface area contributed by atoms with E-state index in [-0.39, 0.29) is 92.8 Å². The highest BCUT2D eigenvalue weighted by atomic mass is 16.5. The second-order valence-electron chi connectivity index (χ2n) is 26.9. The molecule has 524 valence electrons. The van der Waals surface area contributed by atoms with Crippen LogP contribution in [0.15, 0.2) is 78.6 Å². The molecule has 0 radical (unpaired) electrons. The van der Waals surface area contributed by atoms with Gasteiger partial charge < -0.3 is 19.7 Å². The lowest BCUT2D eigenvalue weighted by atomic mass is 9.78. The predicted molar refractivity (Wildman–Crippen MR) is 384 cm³/mol. The number of unbranched alkanes of at least 4 members (excludes halogenated alkanes) is 24. The van der Waals surface area contributed by atoms with Gasteiger partial charge in [0.2, 0.25) is 11.8 Å². The zero-order valence-corrected chi connectivity index (χ0v) is 59.8. The molecule has 4 atom stereocenters. The van der Waals surface area contributed by atoms with Gasteiger partial charge >= 0.3 is 11.9 Å². The zero-order valence-electron chi connectivity index (χ0n) is 59.8. The number of hydrogen-bond acceptors (Lipinski definition) is 14. The molecule has 16 nitrogen and oxygen atoms in total. The molecule has 0 bridgehead atoms. The second kappa shape index (κ2) is 47.9. The number of nitrogens with zero attached hydrogens (tertiary/aromatic N) is 8. The third-order valence-electron chi connectivity index (χ3n) is 19.3. The smallest absolute Gasteiger partial charge is 0.340 e. The summed E-state index contributed by atoms with van der Waals surface area (Å²) < 4.78 is 14.0. The Morgan fingerprint density at radius 3 is 1.16 bits per heavy atom. The topological polar surface area (TPSA) is 234 Å². The van der Waals surface area contributed by atoms with Crippen LogP contribution >= 0.6 is 0 Å².